The van der Waals surface area contributed by atoms with Crippen molar-refractivity contribution in [3.05, 3.63) is 16.1 Å². The van der Waals surface area contributed by atoms with E-state index in [2.05, 4.69) is 21.0 Å². The molecule has 0 radical (unpaired) electrons. The molecule has 2 N–H and O–H groups in total. The fourth-order valence-electron chi connectivity index (χ4n) is 1.56. The second-order valence-corrected chi connectivity index (χ2v) is 4.91. The lowest BCUT2D eigenvalue weighted by molar-refractivity contribution is 0.322. The van der Waals surface area contributed by atoms with Crippen LogP contribution in [0.4, 0.5) is 0 Å². The number of thiazole rings is 1. The van der Waals surface area contributed by atoms with E-state index < -0.39 is 0 Å². The Morgan fingerprint density at radius 1 is 1.64 bits per heavy atom. The molecule has 2 rings (SSSR count). The molecule has 0 atom stereocenters. The minimum atomic E-state index is 0.902. The third-order valence-electron chi connectivity index (χ3n) is 2.57. The molecular weight excluding hydrogens is 194 g/mol. The summed E-state index contributed by atoms with van der Waals surface area (Å²) in [5, 5.41) is 10.0. The molecule has 0 unspecified atom stereocenters. The Hall–Kier alpha value is -0.450. The summed E-state index contributed by atoms with van der Waals surface area (Å²) < 4.78 is 0. The van der Waals surface area contributed by atoms with Gasteiger partial charge in [-0.25, -0.2) is 4.98 Å². The van der Waals surface area contributed by atoms with Crippen molar-refractivity contribution in [2.45, 2.75) is 19.9 Å². The fraction of sp³-hybridized carbons (Fsp3) is 0.700. The third kappa shape index (κ3) is 2.77. The minimum absolute atomic E-state index is 0.902. The molecular formula is C10H17N3S. The van der Waals surface area contributed by atoms with E-state index in [4.69, 9.17) is 0 Å². The van der Waals surface area contributed by atoms with E-state index in [1.54, 1.807) is 11.3 Å². The summed E-state index contributed by atoms with van der Waals surface area (Å²) in [5.74, 6) is 0.902. The van der Waals surface area contributed by atoms with Crippen molar-refractivity contribution in [1.82, 2.24) is 15.6 Å². The molecule has 4 heteroatoms. The van der Waals surface area contributed by atoms with Gasteiger partial charge in [-0.1, -0.05) is 0 Å². The molecule has 1 aliphatic rings. The van der Waals surface area contributed by atoms with Crippen LogP contribution in [-0.2, 0) is 6.54 Å². The molecule has 14 heavy (non-hydrogen) atoms. The second-order valence-electron chi connectivity index (χ2n) is 3.85. The van der Waals surface area contributed by atoms with E-state index in [0.29, 0.717) is 0 Å². The first-order valence-corrected chi connectivity index (χ1v) is 6.05. The van der Waals surface area contributed by atoms with Gasteiger partial charge >= 0.3 is 0 Å². The van der Waals surface area contributed by atoms with Crippen LogP contribution in [0.15, 0.2) is 5.38 Å². The van der Waals surface area contributed by atoms with Gasteiger partial charge in [-0.2, -0.15) is 0 Å². The maximum absolute atomic E-state index is 4.41. The van der Waals surface area contributed by atoms with Gasteiger partial charge in [0.05, 0.1) is 10.7 Å². The standard InChI is InChI=1S/C10H17N3S/c1-8-13-10(7-14-8)6-11-3-2-9-4-12-5-9/h7,9,11-12H,2-6H2,1H3. The molecule has 2 heterocycles. The largest absolute Gasteiger partial charge is 0.316 e. The van der Waals surface area contributed by atoms with Gasteiger partial charge in [0.2, 0.25) is 0 Å². The summed E-state index contributed by atoms with van der Waals surface area (Å²) >= 11 is 1.72. The van der Waals surface area contributed by atoms with Gasteiger partial charge in [-0.3, -0.25) is 0 Å². The Labute approximate surface area is 88.9 Å². The summed E-state index contributed by atoms with van der Waals surface area (Å²) in [7, 11) is 0. The molecule has 1 fully saturated rings. The molecule has 0 aliphatic carbocycles. The Bertz CT molecular complexity index is 281. The monoisotopic (exact) mass is 211 g/mol. The van der Waals surface area contributed by atoms with Crippen LogP contribution >= 0.6 is 11.3 Å². The van der Waals surface area contributed by atoms with E-state index >= 15 is 0 Å². The molecule has 0 amide bonds. The highest BCUT2D eigenvalue weighted by Crippen LogP contribution is 2.08. The molecule has 1 saturated heterocycles. The van der Waals surface area contributed by atoms with Crippen LogP contribution in [0.25, 0.3) is 0 Å². The predicted octanol–water partition coefficient (Wildman–Crippen LogP) is 1.15. The Balaban J connectivity index is 1.58. The highest BCUT2D eigenvalue weighted by molar-refractivity contribution is 7.09. The Morgan fingerprint density at radius 2 is 2.50 bits per heavy atom. The number of hydrogen-bond donors (Lipinski definition) is 2. The summed E-state index contributed by atoms with van der Waals surface area (Å²) in [6.07, 6.45) is 1.29. The van der Waals surface area contributed by atoms with E-state index in [9.17, 15) is 0 Å². The summed E-state index contributed by atoms with van der Waals surface area (Å²) in [6.45, 7) is 6.50. The number of aryl methyl sites for hydroxylation is 1. The average Bonchev–Trinajstić information content (AvgIpc) is 2.48. The first-order chi connectivity index (χ1) is 6.84. The molecule has 0 aromatic carbocycles. The van der Waals surface area contributed by atoms with E-state index in [1.807, 2.05) is 6.92 Å². The summed E-state index contributed by atoms with van der Waals surface area (Å²) in [4.78, 5) is 4.41. The molecule has 0 spiro atoms. The SMILES string of the molecule is Cc1nc(CNCCC2CNC2)cs1. The lowest BCUT2D eigenvalue weighted by Crippen LogP contribution is -2.43. The van der Waals surface area contributed by atoms with Gasteiger partial charge in [0, 0.05) is 11.9 Å². The summed E-state index contributed by atoms with van der Waals surface area (Å²) in [6, 6.07) is 0. The van der Waals surface area contributed by atoms with Crippen LogP contribution in [-0.4, -0.2) is 24.6 Å². The van der Waals surface area contributed by atoms with Gasteiger partial charge in [0.1, 0.15) is 0 Å². The topological polar surface area (TPSA) is 37.0 Å². The van der Waals surface area contributed by atoms with Crippen molar-refractivity contribution in [2.75, 3.05) is 19.6 Å². The van der Waals surface area contributed by atoms with Gasteiger partial charge in [0.25, 0.3) is 0 Å². The van der Waals surface area contributed by atoms with Gasteiger partial charge in [0.15, 0.2) is 0 Å². The zero-order valence-corrected chi connectivity index (χ0v) is 9.36. The van der Waals surface area contributed by atoms with Crippen LogP contribution in [0.1, 0.15) is 17.1 Å². The Morgan fingerprint density at radius 3 is 3.07 bits per heavy atom. The average molecular weight is 211 g/mol. The number of rotatable bonds is 5. The molecule has 3 nitrogen and oxygen atoms in total. The van der Waals surface area contributed by atoms with Crippen molar-refractivity contribution < 1.29 is 0 Å². The third-order valence-corrected chi connectivity index (χ3v) is 3.39. The van der Waals surface area contributed by atoms with E-state index in [0.717, 1.165) is 24.0 Å². The highest BCUT2D eigenvalue weighted by atomic mass is 32.1. The van der Waals surface area contributed by atoms with E-state index in [1.165, 1.54) is 25.2 Å². The molecule has 78 valence electrons. The zero-order valence-electron chi connectivity index (χ0n) is 8.55. The highest BCUT2D eigenvalue weighted by Gasteiger charge is 2.15. The van der Waals surface area contributed by atoms with Crippen molar-refractivity contribution >= 4 is 11.3 Å². The molecule has 1 aromatic rings. The number of nitrogens with zero attached hydrogens (tertiary/aromatic N) is 1. The minimum Gasteiger partial charge on any atom is -0.316 e. The van der Waals surface area contributed by atoms with Crippen LogP contribution in [0.5, 0.6) is 0 Å². The fourth-order valence-corrected chi connectivity index (χ4v) is 2.18. The smallest absolute Gasteiger partial charge is 0.0897 e. The summed E-state index contributed by atoms with van der Waals surface area (Å²) in [5.41, 5.74) is 1.18. The lowest BCUT2D eigenvalue weighted by Gasteiger charge is -2.26. The van der Waals surface area contributed by atoms with Crippen LogP contribution in [0.3, 0.4) is 0 Å². The van der Waals surface area contributed by atoms with Crippen molar-refractivity contribution in [3.8, 4) is 0 Å². The maximum Gasteiger partial charge on any atom is 0.0897 e. The number of hydrogen-bond acceptors (Lipinski definition) is 4. The van der Waals surface area contributed by atoms with Gasteiger partial charge in [-0.15, -0.1) is 11.3 Å². The van der Waals surface area contributed by atoms with Gasteiger partial charge < -0.3 is 10.6 Å². The molecule has 0 saturated carbocycles. The molecule has 0 bridgehead atoms. The zero-order chi connectivity index (χ0) is 9.80. The van der Waals surface area contributed by atoms with Crippen LogP contribution in [0, 0.1) is 12.8 Å². The number of nitrogens with one attached hydrogen (secondary N) is 2. The van der Waals surface area contributed by atoms with Crippen molar-refractivity contribution in [2.24, 2.45) is 5.92 Å². The second kappa shape index (κ2) is 4.87. The van der Waals surface area contributed by atoms with Gasteiger partial charge in [-0.05, 0) is 38.9 Å². The number of aromatic nitrogens is 1. The van der Waals surface area contributed by atoms with Crippen LogP contribution < -0.4 is 10.6 Å². The molecule has 1 aromatic heterocycles. The molecule has 1 aliphatic heterocycles. The first-order valence-electron chi connectivity index (χ1n) is 5.17. The van der Waals surface area contributed by atoms with E-state index in [-0.39, 0.29) is 0 Å². The quantitative estimate of drug-likeness (QED) is 0.717. The predicted molar refractivity (Wildman–Crippen MR) is 59.5 cm³/mol. The maximum atomic E-state index is 4.41. The van der Waals surface area contributed by atoms with Crippen molar-refractivity contribution in [1.29, 1.82) is 0 Å². The normalized spacial score (nSPS) is 16.9. The first kappa shape index (κ1) is 10.1. The van der Waals surface area contributed by atoms with Crippen LogP contribution in [0.2, 0.25) is 0 Å². The van der Waals surface area contributed by atoms with Crippen molar-refractivity contribution in [3.63, 3.8) is 0 Å². The lowest BCUT2D eigenvalue weighted by atomic mass is 10.00. The Kier molecular flexibility index (Phi) is 3.50.